The number of fused-ring (bicyclic) bond motifs is 1. The van der Waals surface area contributed by atoms with E-state index in [0.29, 0.717) is 17.7 Å². The molecule has 3 amide bonds. The third-order valence-electron chi connectivity index (χ3n) is 5.74. The maximum atomic E-state index is 12.4. The van der Waals surface area contributed by atoms with Crippen LogP contribution in [-0.2, 0) is 4.79 Å². The van der Waals surface area contributed by atoms with Crippen LogP contribution >= 0.6 is 0 Å². The lowest BCUT2D eigenvalue weighted by atomic mass is 10.1. The van der Waals surface area contributed by atoms with Crippen LogP contribution in [0, 0.1) is 0 Å². The minimum absolute atomic E-state index is 0.252. The molecule has 0 atom stereocenters. The van der Waals surface area contributed by atoms with Crippen molar-refractivity contribution in [3.8, 4) is 5.75 Å². The maximum Gasteiger partial charge on any atom is 0.262 e. The molecule has 2 aliphatic rings. The first kappa shape index (κ1) is 20.9. The van der Waals surface area contributed by atoms with Crippen molar-refractivity contribution < 1.29 is 19.1 Å². The van der Waals surface area contributed by atoms with Gasteiger partial charge in [-0.1, -0.05) is 12.1 Å². The van der Waals surface area contributed by atoms with Gasteiger partial charge in [-0.25, -0.2) is 0 Å². The summed E-state index contributed by atoms with van der Waals surface area (Å²) in [6.07, 6.45) is 0. The summed E-state index contributed by atoms with van der Waals surface area (Å²) in [5.74, 6) is -0.304. The zero-order valence-electron chi connectivity index (χ0n) is 17.5. The topological polar surface area (TPSA) is 82.2 Å². The zero-order chi connectivity index (χ0) is 21.8. The molecule has 162 valence electrons. The van der Waals surface area contributed by atoms with Crippen LogP contribution in [0.5, 0.6) is 5.75 Å². The largest absolute Gasteiger partial charge is 0.497 e. The Balaban J connectivity index is 1.19. The Morgan fingerprint density at radius 2 is 1.55 bits per heavy atom. The molecular formula is C23H26N4O4. The molecule has 2 aromatic carbocycles. The van der Waals surface area contributed by atoms with E-state index in [2.05, 4.69) is 27.2 Å². The van der Waals surface area contributed by atoms with Crippen molar-refractivity contribution in [2.24, 2.45) is 0 Å². The summed E-state index contributed by atoms with van der Waals surface area (Å²) in [5.41, 5.74) is 1.89. The molecule has 2 aromatic rings. The number of anilines is 1. The number of carbonyl (C=O) groups excluding carboxylic acids is 3. The van der Waals surface area contributed by atoms with E-state index >= 15 is 0 Å². The molecular weight excluding hydrogens is 396 g/mol. The number of nitrogens with one attached hydrogen (secondary N) is 1. The Kier molecular flexibility index (Phi) is 6.18. The van der Waals surface area contributed by atoms with Crippen LogP contribution in [-0.4, -0.2) is 80.4 Å². The van der Waals surface area contributed by atoms with Gasteiger partial charge in [0.25, 0.3) is 11.8 Å². The van der Waals surface area contributed by atoms with Crippen LogP contribution in [0.25, 0.3) is 0 Å². The fourth-order valence-electron chi connectivity index (χ4n) is 3.96. The van der Waals surface area contributed by atoms with E-state index in [9.17, 15) is 14.4 Å². The number of benzene rings is 2. The minimum Gasteiger partial charge on any atom is -0.497 e. The number of hydrogen-bond acceptors (Lipinski definition) is 6. The van der Waals surface area contributed by atoms with Gasteiger partial charge >= 0.3 is 0 Å². The first-order valence-electron chi connectivity index (χ1n) is 10.4. The molecule has 1 saturated heterocycles. The van der Waals surface area contributed by atoms with Crippen LogP contribution in [0.2, 0.25) is 0 Å². The monoisotopic (exact) mass is 422 g/mol. The van der Waals surface area contributed by atoms with Crippen molar-refractivity contribution in [1.29, 1.82) is 0 Å². The summed E-state index contributed by atoms with van der Waals surface area (Å²) in [5, 5.41) is 2.83. The zero-order valence-corrected chi connectivity index (χ0v) is 17.5. The van der Waals surface area contributed by atoms with Crippen LogP contribution < -0.4 is 15.0 Å². The van der Waals surface area contributed by atoms with E-state index in [4.69, 9.17) is 4.74 Å². The average molecular weight is 422 g/mol. The van der Waals surface area contributed by atoms with Gasteiger partial charge in [0.2, 0.25) is 5.91 Å². The standard InChI is InChI=1S/C23H26N4O4/c1-31-18-8-6-17(7-9-18)26-14-12-25(13-15-26)11-10-24-21(28)16-27-22(29)19-4-2-3-5-20(19)23(27)30/h2-9H,10-16H2,1H3,(H,24,28). The van der Waals surface area contributed by atoms with Crippen molar-refractivity contribution >= 4 is 23.4 Å². The van der Waals surface area contributed by atoms with Crippen LogP contribution in [0.15, 0.2) is 48.5 Å². The van der Waals surface area contributed by atoms with Gasteiger partial charge in [-0.05, 0) is 36.4 Å². The lowest BCUT2D eigenvalue weighted by molar-refractivity contribution is -0.121. The van der Waals surface area contributed by atoms with Gasteiger partial charge in [0.1, 0.15) is 12.3 Å². The first-order chi connectivity index (χ1) is 15.1. The summed E-state index contributed by atoms with van der Waals surface area (Å²) in [6.45, 7) is 4.58. The molecule has 0 radical (unpaired) electrons. The third-order valence-corrected chi connectivity index (χ3v) is 5.74. The maximum absolute atomic E-state index is 12.4. The van der Waals surface area contributed by atoms with Crippen molar-refractivity contribution in [1.82, 2.24) is 15.1 Å². The lowest BCUT2D eigenvalue weighted by Crippen LogP contribution is -2.49. The molecule has 4 rings (SSSR count). The smallest absolute Gasteiger partial charge is 0.262 e. The Hall–Kier alpha value is -3.39. The average Bonchev–Trinajstić information content (AvgIpc) is 3.05. The third kappa shape index (κ3) is 4.54. The molecule has 0 spiro atoms. The molecule has 31 heavy (non-hydrogen) atoms. The highest BCUT2D eigenvalue weighted by molar-refractivity contribution is 6.22. The van der Waals surface area contributed by atoms with Gasteiger partial charge in [0.05, 0.1) is 18.2 Å². The van der Waals surface area contributed by atoms with Gasteiger partial charge in [0, 0.05) is 45.0 Å². The Morgan fingerprint density at radius 1 is 0.935 bits per heavy atom. The van der Waals surface area contributed by atoms with E-state index in [1.165, 1.54) is 5.69 Å². The second kappa shape index (κ2) is 9.18. The van der Waals surface area contributed by atoms with E-state index in [-0.39, 0.29) is 12.5 Å². The van der Waals surface area contributed by atoms with Crippen molar-refractivity contribution in [3.05, 3.63) is 59.7 Å². The van der Waals surface area contributed by atoms with Crippen molar-refractivity contribution in [2.45, 2.75) is 0 Å². The van der Waals surface area contributed by atoms with E-state index in [1.54, 1.807) is 31.4 Å². The van der Waals surface area contributed by atoms with Gasteiger partial charge in [0.15, 0.2) is 0 Å². The lowest BCUT2D eigenvalue weighted by Gasteiger charge is -2.36. The van der Waals surface area contributed by atoms with Crippen LogP contribution in [0.3, 0.4) is 0 Å². The predicted molar refractivity (Wildman–Crippen MR) is 116 cm³/mol. The molecule has 2 aliphatic heterocycles. The van der Waals surface area contributed by atoms with Gasteiger partial charge in [-0.3, -0.25) is 24.2 Å². The van der Waals surface area contributed by atoms with Crippen molar-refractivity contribution in [2.75, 3.05) is 57.8 Å². The number of methoxy groups -OCH3 is 1. The number of piperazine rings is 1. The quantitative estimate of drug-likeness (QED) is 0.676. The number of hydrogen-bond donors (Lipinski definition) is 1. The van der Waals surface area contributed by atoms with Gasteiger partial charge in [-0.15, -0.1) is 0 Å². The molecule has 0 saturated carbocycles. The van der Waals surface area contributed by atoms with Gasteiger partial charge < -0.3 is 15.0 Å². The summed E-state index contributed by atoms with van der Waals surface area (Å²) in [6, 6.07) is 14.7. The van der Waals surface area contributed by atoms with Crippen molar-refractivity contribution in [3.63, 3.8) is 0 Å². The second-order valence-electron chi connectivity index (χ2n) is 7.62. The Labute approximate surface area is 181 Å². The van der Waals surface area contributed by atoms with E-state index < -0.39 is 11.8 Å². The highest BCUT2D eigenvalue weighted by Gasteiger charge is 2.36. The molecule has 0 aromatic heterocycles. The number of carbonyl (C=O) groups is 3. The molecule has 1 N–H and O–H groups in total. The van der Waals surface area contributed by atoms with Gasteiger partial charge in [-0.2, -0.15) is 0 Å². The molecule has 1 fully saturated rings. The Morgan fingerprint density at radius 3 is 2.13 bits per heavy atom. The first-order valence-corrected chi connectivity index (χ1v) is 10.4. The molecule has 0 unspecified atom stereocenters. The van der Waals surface area contributed by atoms with E-state index in [0.717, 1.165) is 43.4 Å². The molecule has 0 bridgehead atoms. The van der Waals surface area contributed by atoms with Crippen LogP contribution in [0.4, 0.5) is 5.69 Å². The second-order valence-corrected chi connectivity index (χ2v) is 7.62. The fraction of sp³-hybridized carbons (Fsp3) is 0.348. The summed E-state index contributed by atoms with van der Waals surface area (Å²) >= 11 is 0. The Bertz CT molecular complexity index is 933. The predicted octanol–water partition coefficient (Wildman–Crippen LogP) is 1.23. The fourth-order valence-corrected chi connectivity index (χ4v) is 3.96. The molecule has 0 aliphatic carbocycles. The summed E-state index contributed by atoms with van der Waals surface area (Å²) in [4.78, 5) is 42.6. The normalized spacial score (nSPS) is 16.4. The molecule has 8 heteroatoms. The highest BCUT2D eigenvalue weighted by atomic mass is 16.5. The number of amides is 3. The number of nitrogens with zero attached hydrogens (tertiary/aromatic N) is 3. The minimum atomic E-state index is -0.412. The number of imide groups is 1. The van der Waals surface area contributed by atoms with Crippen LogP contribution in [0.1, 0.15) is 20.7 Å². The number of ether oxygens (including phenoxy) is 1. The molecule has 8 nitrogen and oxygen atoms in total. The summed E-state index contributed by atoms with van der Waals surface area (Å²) in [7, 11) is 1.66. The SMILES string of the molecule is COc1ccc(N2CCN(CCNC(=O)CN3C(=O)c4ccccc4C3=O)CC2)cc1. The number of rotatable bonds is 7. The van der Waals surface area contributed by atoms with E-state index in [1.807, 2.05) is 12.1 Å². The highest BCUT2D eigenvalue weighted by Crippen LogP contribution is 2.22. The summed E-state index contributed by atoms with van der Waals surface area (Å²) < 4.78 is 5.21. The molecule has 2 heterocycles.